The minimum absolute atomic E-state index is 0.789. The third-order valence-electron chi connectivity index (χ3n) is 5.01. The van der Waals surface area contributed by atoms with Gasteiger partial charge in [-0.05, 0) is 42.6 Å². The second-order valence-electron chi connectivity index (χ2n) is 6.14. The first-order chi connectivity index (χ1) is 7.52. The van der Waals surface area contributed by atoms with Crippen molar-refractivity contribution < 1.29 is 0 Å². The van der Waals surface area contributed by atoms with Crippen molar-refractivity contribution in [2.45, 2.75) is 60.4 Å². The molecule has 0 aliphatic heterocycles. The lowest BCUT2D eigenvalue weighted by Crippen LogP contribution is -2.56. The van der Waals surface area contributed by atoms with Crippen molar-refractivity contribution in [2.75, 3.05) is 6.54 Å². The van der Waals surface area contributed by atoms with Crippen LogP contribution in [0, 0.1) is 29.6 Å². The molecule has 1 fully saturated rings. The average Bonchev–Trinajstić information content (AvgIpc) is 2.23. The summed E-state index contributed by atoms with van der Waals surface area (Å²) >= 11 is 0. The molecule has 0 bridgehead atoms. The zero-order valence-corrected chi connectivity index (χ0v) is 12.1. The van der Waals surface area contributed by atoms with E-state index in [9.17, 15) is 0 Å². The van der Waals surface area contributed by atoms with E-state index in [0.717, 1.165) is 42.2 Å². The molecule has 0 heterocycles. The van der Waals surface area contributed by atoms with Crippen LogP contribution < -0.4 is 5.32 Å². The predicted molar refractivity (Wildman–Crippen MR) is 72.5 cm³/mol. The van der Waals surface area contributed by atoms with Crippen LogP contribution in [0.2, 0.25) is 0 Å². The topological polar surface area (TPSA) is 12.0 Å². The molecule has 0 spiro atoms. The molecule has 1 saturated carbocycles. The lowest BCUT2D eigenvalue weighted by atomic mass is 9.58. The van der Waals surface area contributed by atoms with Gasteiger partial charge in [0, 0.05) is 6.04 Å². The van der Waals surface area contributed by atoms with Crippen molar-refractivity contribution >= 4 is 0 Å². The lowest BCUT2D eigenvalue weighted by Gasteiger charge is -2.51. The normalized spacial score (nSPS) is 33.6. The fourth-order valence-corrected chi connectivity index (χ4v) is 3.19. The molecule has 1 N–H and O–H groups in total. The molecule has 1 nitrogen and oxygen atoms in total. The quantitative estimate of drug-likeness (QED) is 0.722. The summed E-state index contributed by atoms with van der Waals surface area (Å²) in [4.78, 5) is 0. The SMILES string of the molecule is CCNC1C(C(C)CC)CC1C(C)C(C)C. The van der Waals surface area contributed by atoms with Gasteiger partial charge in [-0.15, -0.1) is 0 Å². The van der Waals surface area contributed by atoms with Crippen molar-refractivity contribution in [3.8, 4) is 0 Å². The summed E-state index contributed by atoms with van der Waals surface area (Å²) in [6.07, 6.45) is 2.78. The van der Waals surface area contributed by atoms with E-state index in [1.165, 1.54) is 12.8 Å². The minimum atomic E-state index is 0.789. The van der Waals surface area contributed by atoms with Crippen LogP contribution in [-0.4, -0.2) is 12.6 Å². The highest BCUT2D eigenvalue weighted by Gasteiger charge is 2.45. The first kappa shape index (κ1) is 14.0. The Morgan fingerprint density at radius 1 is 1.06 bits per heavy atom. The molecule has 0 aromatic heterocycles. The van der Waals surface area contributed by atoms with Crippen molar-refractivity contribution in [1.82, 2.24) is 5.32 Å². The molecular formula is C15H31N. The van der Waals surface area contributed by atoms with Crippen LogP contribution in [0.4, 0.5) is 0 Å². The molecule has 0 amide bonds. The summed E-state index contributed by atoms with van der Waals surface area (Å²) < 4.78 is 0. The number of hydrogen-bond acceptors (Lipinski definition) is 1. The maximum absolute atomic E-state index is 3.73. The van der Waals surface area contributed by atoms with Crippen molar-refractivity contribution in [3.63, 3.8) is 0 Å². The Kier molecular flexibility index (Phi) is 5.30. The van der Waals surface area contributed by atoms with E-state index < -0.39 is 0 Å². The Balaban J connectivity index is 2.57. The molecule has 0 radical (unpaired) electrons. The van der Waals surface area contributed by atoms with Crippen LogP contribution >= 0.6 is 0 Å². The fraction of sp³-hybridized carbons (Fsp3) is 1.00. The van der Waals surface area contributed by atoms with Crippen molar-refractivity contribution in [1.29, 1.82) is 0 Å². The van der Waals surface area contributed by atoms with Gasteiger partial charge in [-0.2, -0.15) is 0 Å². The van der Waals surface area contributed by atoms with Crippen LogP contribution in [-0.2, 0) is 0 Å². The maximum Gasteiger partial charge on any atom is 0.0129 e. The zero-order chi connectivity index (χ0) is 12.3. The van der Waals surface area contributed by atoms with Crippen LogP contribution in [0.1, 0.15) is 54.4 Å². The minimum Gasteiger partial charge on any atom is -0.314 e. The summed E-state index contributed by atoms with van der Waals surface area (Å²) in [6, 6.07) is 0.789. The van der Waals surface area contributed by atoms with Gasteiger partial charge in [0.05, 0.1) is 0 Å². The van der Waals surface area contributed by atoms with Crippen LogP contribution in [0.5, 0.6) is 0 Å². The van der Waals surface area contributed by atoms with Crippen LogP contribution in [0.3, 0.4) is 0 Å². The van der Waals surface area contributed by atoms with E-state index in [1.807, 2.05) is 0 Å². The van der Waals surface area contributed by atoms with Gasteiger partial charge in [-0.3, -0.25) is 0 Å². The van der Waals surface area contributed by atoms with Gasteiger partial charge in [0.2, 0.25) is 0 Å². The van der Waals surface area contributed by atoms with Gasteiger partial charge in [0.25, 0.3) is 0 Å². The number of hydrogen-bond donors (Lipinski definition) is 1. The Labute approximate surface area is 102 Å². The first-order valence-electron chi connectivity index (χ1n) is 7.26. The van der Waals surface area contributed by atoms with E-state index in [2.05, 4.69) is 46.9 Å². The van der Waals surface area contributed by atoms with Crippen LogP contribution in [0.25, 0.3) is 0 Å². The van der Waals surface area contributed by atoms with E-state index >= 15 is 0 Å². The molecule has 96 valence electrons. The van der Waals surface area contributed by atoms with Gasteiger partial charge in [0.1, 0.15) is 0 Å². The molecular weight excluding hydrogens is 194 g/mol. The summed E-state index contributed by atoms with van der Waals surface area (Å²) in [5, 5.41) is 3.73. The molecule has 1 rings (SSSR count). The molecule has 1 heteroatoms. The number of rotatable bonds is 6. The molecule has 1 aliphatic rings. The second kappa shape index (κ2) is 6.05. The van der Waals surface area contributed by atoms with Gasteiger partial charge < -0.3 is 5.32 Å². The highest BCUT2D eigenvalue weighted by atomic mass is 14.9. The molecule has 0 aromatic rings. The molecule has 0 saturated heterocycles. The molecule has 1 aliphatic carbocycles. The Hall–Kier alpha value is -0.0400. The maximum atomic E-state index is 3.73. The number of nitrogens with one attached hydrogen (secondary N) is 1. The highest BCUT2D eigenvalue weighted by Crippen LogP contribution is 2.45. The monoisotopic (exact) mass is 225 g/mol. The molecule has 5 atom stereocenters. The van der Waals surface area contributed by atoms with E-state index in [0.29, 0.717) is 0 Å². The third kappa shape index (κ3) is 2.80. The highest BCUT2D eigenvalue weighted by molar-refractivity contribution is 4.98. The Morgan fingerprint density at radius 3 is 2.12 bits per heavy atom. The van der Waals surface area contributed by atoms with Crippen molar-refractivity contribution in [2.24, 2.45) is 29.6 Å². The Bertz CT molecular complexity index is 200. The summed E-state index contributed by atoms with van der Waals surface area (Å²) in [7, 11) is 0. The van der Waals surface area contributed by atoms with Gasteiger partial charge in [-0.25, -0.2) is 0 Å². The predicted octanol–water partition coefficient (Wildman–Crippen LogP) is 3.94. The van der Waals surface area contributed by atoms with Gasteiger partial charge >= 0.3 is 0 Å². The Morgan fingerprint density at radius 2 is 1.69 bits per heavy atom. The van der Waals surface area contributed by atoms with Gasteiger partial charge in [-0.1, -0.05) is 48.0 Å². The van der Waals surface area contributed by atoms with E-state index in [1.54, 1.807) is 0 Å². The molecule has 0 aromatic carbocycles. The molecule has 5 unspecified atom stereocenters. The molecule has 16 heavy (non-hydrogen) atoms. The van der Waals surface area contributed by atoms with Crippen molar-refractivity contribution in [3.05, 3.63) is 0 Å². The van der Waals surface area contributed by atoms with Crippen LogP contribution in [0.15, 0.2) is 0 Å². The van der Waals surface area contributed by atoms with E-state index in [-0.39, 0.29) is 0 Å². The summed E-state index contributed by atoms with van der Waals surface area (Å²) in [6.45, 7) is 15.3. The van der Waals surface area contributed by atoms with Gasteiger partial charge in [0.15, 0.2) is 0 Å². The fourth-order valence-electron chi connectivity index (χ4n) is 3.19. The smallest absolute Gasteiger partial charge is 0.0129 e. The largest absolute Gasteiger partial charge is 0.314 e. The summed E-state index contributed by atoms with van der Waals surface area (Å²) in [5.74, 6) is 4.42. The average molecular weight is 225 g/mol. The first-order valence-corrected chi connectivity index (χ1v) is 7.26. The zero-order valence-electron chi connectivity index (χ0n) is 12.1. The van der Waals surface area contributed by atoms with E-state index in [4.69, 9.17) is 0 Å². The second-order valence-corrected chi connectivity index (χ2v) is 6.14. The third-order valence-corrected chi connectivity index (χ3v) is 5.01. The lowest BCUT2D eigenvalue weighted by molar-refractivity contribution is 0.0145. The standard InChI is InChI=1S/C15H31N/c1-7-11(5)13-9-14(12(6)10(3)4)15(13)16-8-2/h10-16H,7-9H2,1-6H3. The summed E-state index contributed by atoms with van der Waals surface area (Å²) in [5.41, 5.74) is 0.